The largest absolute Gasteiger partial charge is 0.387 e. The van der Waals surface area contributed by atoms with Gasteiger partial charge in [-0.15, -0.1) is 0 Å². The standard InChI is InChI=1S/C13H19NO3S/c1-14(7-8-18(2,16)17)12-9-10-5-3-4-6-11(10)13(12)15/h3-6,12-13,15H,7-9H2,1-2H3. The van der Waals surface area contributed by atoms with Gasteiger partial charge in [0.25, 0.3) is 0 Å². The lowest BCUT2D eigenvalue weighted by Crippen LogP contribution is -2.38. The number of likely N-dealkylation sites (N-methyl/N-ethyl adjacent to an activating group) is 1. The third kappa shape index (κ3) is 2.91. The highest BCUT2D eigenvalue weighted by atomic mass is 32.2. The van der Waals surface area contributed by atoms with Crippen LogP contribution in [0.4, 0.5) is 0 Å². The molecule has 2 unspecified atom stereocenters. The van der Waals surface area contributed by atoms with Crippen LogP contribution in [-0.2, 0) is 16.3 Å². The molecule has 2 atom stereocenters. The van der Waals surface area contributed by atoms with Gasteiger partial charge < -0.3 is 5.11 Å². The summed E-state index contributed by atoms with van der Waals surface area (Å²) in [4.78, 5) is 1.94. The second-order valence-corrected chi connectivity index (χ2v) is 7.29. The molecule has 2 rings (SSSR count). The summed E-state index contributed by atoms with van der Waals surface area (Å²) in [6, 6.07) is 7.81. The number of rotatable bonds is 4. The zero-order chi connectivity index (χ0) is 13.3. The summed E-state index contributed by atoms with van der Waals surface area (Å²) in [6.07, 6.45) is 1.49. The van der Waals surface area contributed by atoms with Crippen LogP contribution in [0.2, 0.25) is 0 Å². The molecule has 0 aromatic heterocycles. The molecule has 0 aliphatic heterocycles. The van der Waals surface area contributed by atoms with Gasteiger partial charge >= 0.3 is 0 Å². The minimum Gasteiger partial charge on any atom is -0.387 e. The van der Waals surface area contributed by atoms with Gasteiger partial charge in [-0.2, -0.15) is 0 Å². The van der Waals surface area contributed by atoms with Crippen LogP contribution in [0, 0.1) is 0 Å². The van der Waals surface area contributed by atoms with Crippen molar-refractivity contribution in [1.82, 2.24) is 4.90 Å². The average molecular weight is 269 g/mol. The average Bonchev–Trinajstić information content (AvgIpc) is 2.64. The Labute approximate surface area is 108 Å². The second-order valence-electron chi connectivity index (χ2n) is 5.03. The molecule has 5 heteroatoms. The van der Waals surface area contributed by atoms with Gasteiger partial charge in [-0.05, 0) is 24.6 Å². The van der Waals surface area contributed by atoms with Gasteiger partial charge in [0.15, 0.2) is 0 Å². The van der Waals surface area contributed by atoms with Crippen LogP contribution in [0.3, 0.4) is 0 Å². The molecule has 1 aromatic rings. The zero-order valence-corrected chi connectivity index (χ0v) is 11.5. The number of hydrogen-bond donors (Lipinski definition) is 1. The van der Waals surface area contributed by atoms with Crippen molar-refractivity contribution < 1.29 is 13.5 Å². The van der Waals surface area contributed by atoms with Crippen LogP contribution >= 0.6 is 0 Å². The highest BCUT2D eigenvalue weighted by molar-refractivity contribution is 7.90. The van der Waals surface area contributed by atoms with Crippen molar-refractivity contribution in [2.45, 2.75) is 18.6 Å². The summed E-state index contributed by atoms with van der Waals surface area (Å²) in [5.41, 5.74) is 2.12. The maximum Gasteiger partial charge on any atom is 0.148 e. The fourth-order valence-electron chi connectivity index (χ4n) is 2.43. The molecular weight excluding hydrogens is 250 g/mol. The number of nitrogens with zero attached hydrogens (tertiary/aromatic N) is 1. The van der Waals surface area contributed by atoms with Crippen LogP contribution in [0.5, 0.6) is 0 Å². The molecule has 0 amide bonds. The first-order valence-electron chi connectivity index (χ1n) is 6.02. The van der Waals surface area contributed by atoms with Gasteiger partial charge in [-0.3, -0.25) is 4.90 Å². The monoisotopic (exact) mass is 269 g/mol. The molecule has 0 spiro atoms. The van der Waals surface area contributed by atoms with E-state index in [2.05, 4.69) is 0 Å². The summed E-state index contributed by atoms with van der Waals surface area (Å²) in [5, 5.41) is 10.2. The van der Waals surface area contributed by atoms with E-state index >= 15 is 0 Å². The van der Waals surface area contributed by atoms with Gasteiger partial charge in [0, 0.05) is 18.8 Å². The van der Waals surface area contributed by atoms with Crippen LogP contribution in [0.25, 0.3) is 0 Å². The molecule has 0 heterocycles. The van der Waals surface area contributed by atoms with Crippen molar-refractivity contribution >= 4 is 9.84 Å². The number of aliphatic hydroxyl groups excluding tert-OH is 1. The number of hydrogen-bond acceptors (Lipinski definition) is 4. The minimum absolute atomic E-state index is 0.0239. The third-order valence-electron chi connectivity index (χ3n) is 3.55. The molecule has 100 valence electrons. The molecule has 1 aliphatic rings. The van der Waals surface area contributed by atoms with E-state index in [1.54, 1.807) is 0 Å². The Bertz CT molecular complexity index is 527. The predicted octanol–water partition coefficient (Wildman–Crippen LogP) is 0.621. The number of aliphatic hydroxyl groups is 1. The summed E-state index contributed by atoms with van der Waals surface area (Å²) in [6.45, 7) is 0.453. The summed E-state index contributed by atoms with van der Waals surface area (Å²) >= 11 is 0. The quantitative estimate of drug-likeness (QED) is 0.870. The van der Waals surface area contributed by atoms with Crippen LogP contribution in [0.15, 0.2) is 24.3 Å². The Balaban J connectivity index is 2.04. The van der Waals surface area contributed by atoms with Crippen molar-refractivity contribution in [2.75, 3.05) is 25.6 Å². The zero-order valence-electron chi connectivity index (χ0n) is 10.7. The Kier molecular flexibility index (Phi) is 3.75. The number of benzene rings is 1. The minimum atomic E-state index is -2.96. The lowest BCUT2D eigenvalue weighted by molar-refractivity contribution is 0.0794. The molecular formula is C13H19NO3S. The van der Waals surface area contributed by atoms with Crippen molar-refractivity contribution in [3.05, 3.63) is 35.4 Å². The fraction of sp³-hybridized carbons (Fsp3) is 0.538. The van der Waals surface area contributed by atoms with E-state index in [1.165, 1.54) is 6.26 Å². The summed E-state index contributed by atoms with van der Waals surface area (Å²) < 4.78 is 22.3. The first-order valence-corrected chi connectivity index (χ1v) is 8.08. The molecule has 18 heavy (non-hydrogen) atoms. The first kappa shape index (κ1) is 13.5. The second kappa shape index (κ2) is 4.99. The SMILES string of the molecule is CN(CCS(C)(=O)=O)C1Cc2ccccc2C1O. The highest BCUT2D eigenvalue weighted by Gasteiger charge is 2.33. The van der Waals surface area contributed by atoms with Crippen molar-refractivity contribution in [2.24, 2.45) is 0 Å². The van der Waals surface area contributed by atoms with E-state index < -0.39 is 15.9 Å². The Hall–Kier alpha value is -0.910. The van der Waals surface area contributed by atoms with E-state index in [-0.39, 0.29) is 11.8 Å². The van der Waals surface area contributed by atoms with Crippen molar-refractivity contribution in [3.8, 4) is 0 Å². The van der Waals surface area contributed by atoms with Gasteiger partial charge in [0.05, 0.1) is 11.9 Å². The van der Waals surface area contributed by atoms with E-state index in [1.807, 2.05) is 36.2 Å². The van der Waals surface area contributed by atoms with Crippen LogP contribution in [-0.4, -0.2) is 50.1 Å². The number of sulfone groups is 1. The van der Waals surface area contributed by atoms with Crippen molar-refractivity contribution in [1.29, 1.82) is 0 Å². The van der Waals surface area contributed by atoms with Gasteiger partial charge in [0.1, 0.15) is 9.84 Å². The molecule has 1 aromatic carbocycles. The maximum absolute atomic E-state index is 11.2. The van der Waals surface area contributed by atoms with Crippen molar-refractivity contribution in [3.63, 3.8) is 0 Å². The Morgan fingerprint density at radius 1 is 1.39 bits per heavy atom. The lowest BCUT2D eigenvalue weighted by atomic mass is 10.1. The van der Waals surface area contributed by atoms with E-state index in [0.717, 1.165) is 17.5 Å². The molecule has 0 fully saturated rings. The molecule has 4 nitrogen and oxygen atoms in total. The molecule has 0 radical (unpaired) electrons. The smallest absolute Gasteiger partial charge is 0.148 e. The molecule has 0 saturated heterocycles. The molecule has 1 N–H and O–H groups in total. The lowest BCUT2D eigenvalue weighted by Gasteiger charge is -2.26. The van der Waals surface area contributed by atoms with Gasteiger partial charge in [0.2, 0.25) is 0 Å². The topological polar surface area (TPSA) is 57.6 Å². The molecule has 0 bridgehead atoms. The van der Waals surface area contributed by atoms with E-state index in [9.17, 15) is 13.5 Å². The van der Waals surface area contributed by atoms with E-state index in [0.29, 0.717) is 6.54 Å². The Morgan fingerprint density at radius 2 is 2.06 bits per heavy atom. The maximum atomic E-state index is 11.2. The van der Waals surface area contributed by atoms with Gasteiger partial charge in [-0.1, -0.05) is 24.3 Å². The summed E-state index contributed by atoms with van der Waals surface area (Å²) in [7, 11) is -1.09. The molecule has 1 aliphatic carbocycles. The normalized spacial score (nSPS) is 23.3. The first-order chi connectivity index (χ1) is 8.38. The number of fused-ring (bicyclic) bond motifs is 1. The fourth-order valence-corrected chi connectivity index (χ4v) is 3.04. The Morgan fingerprint density at radius 3 is 2.67 bits per heavy atom. The third-order valence-corrected chi connectivity index (χ3v) is 4.47. The van der Waals surface area contributed by atoms with Crippen LogP contribution < -0.4 is 0 Å². The molecule has 0 saturated carbocycles. The highest BCUT2D eigenvalue weighted by Crippen LogP contribution is 2.33. The van der Waals surface area contributed by atoms with Crippen LogP contribution in [0.1, 0.15) is 17.2 Å². The summed E-state index contributed by atoms with van der Waals surface area (Å²) in [5.74, 6) is 0.128. The van der Waals surface area contributed by atoms with E-state index in [4.69, 9.17) is 0 Å². The van der Waals surface area contributed by atoms with Gasteiger partial charge in [-0.25, -0.2) is 8.42 Å². The predicted molar refractivity (Wildman–Crippen MR) is 71.2 cm³/mol.